The second kappa shape index (κ2) is 7.27. The lowest BCUT2D eigenvalue weighted by molar-refractivity contribution is -0.149. The Morgan fingerprint density at radius 3 is 2.39 bits per heavy atom. The number of halogens is 3. The lowest BCUT2D eigenvalue weighted by Crippen LogP contribution is -2.46. The molecule has 0 saturated carbocycles. The molecule has 1 aromatic carbocycles. The summed E-state index contributed by atoms with van der Waals surface area (Å²) in [6, 6.07) is 1.79. The Kier molecular flexibility index (Phi) is 5.59. The number of hydrogen-bond donors (Lipinski definition) is 2. The molecule has 1 atom stereocenters. The number of nitrogens with zero attached hydrogens (tertiary/aromatic N) is 1. The van der Waals surface area contributed by atoms with Crippen molar-refractivity contribution in [2.45, 2.75) is 18.6 Å². The highest BCUT2D eigenvalue weighted by atomic mass is 19.4. The van der Waals surface area contributed by atoms with E-state index >= 15 is 0 Å². The summed E-state index contributed by atoms with van der Waals surface area (Å²) in [7, 11) is 2.78. The molecule has 0 unspecified atom stereocenters. The number of piperazine rings is 1. The maximum absolute atomic E-state index is 13.1. The Morgan fingerprint density at radius 2 is 1.87 bits per heavy atom. The van der Waals surface area contributed by atoms with Crippen molar-refractivity contribution in [3.63, 3.8) is 0 Å². The molecule has 0 aliphatic carbocycles. The molecule has 23 heavy (non-hydrogen) atoms. The third kappa shape index (κ3) is 4.42. The molecule has 1 aromatic rings. The van der Waals surface area contributed by atoms with Gasteiger partial charge < -0.3 is 19.9 Å². The lowest BCUT2D eigenvalue weighted by atomic mass is 9.98. The predicted octanol–water partition coefficient (Wildman–Crippen LogP) is 2.31. The number of ether oxygens (including phenoxy) is 2. The van der Waals surface area contributed by atoms with Gasteiger partial charge in [0.05, 0.1) is 32.2 Å². The second-order valence-corrected chi connectivity index (χ2v) is 5.38. The van der Waals surface area contributed by atoms with Gasteiger partial charge in [0.15, 0.2) is 0 Å². The smallest absolute Gasteiger partial charge is 0.390 e. The van der Waals surface area contributed by atoms with E-state index in [1.807, 2.05) is 0 Å². The van der Waals surface area contributed by atoms with Gasteiger partial charge in [-0.15, -0.1) is 0 Å². The standard InChI is InChI=1S/C15H21F3N2O3/c1-22-10-7-12(21)14(13(8-10)23-2)11(9-15(16,17)18)20-5-3-19-4-6-20/h7-8,11,19,21H,3-6,9H2,1-2H3/t11-/m0/s1. The summed E-state index contributed by atoms with van der Waals surface area (Å²) in [5.41, 5.74) is 0.146. The van der Waals surface area contributed by atoms with E-state index in [0.29, 0.717) is 31.9 Å². The maximum atomic E-state index is 13.1. The van der Waals surface area contributed by atoms with Gasteiger partial charge in [-0.3, -0.25) is 4.90 Å². The summed E-state index contributed by atoms with van der Waals surface area (Å²) < 4.78 is 49.4. The fourth-order valence-corrected chi connectivity index (χ4v) is 2.84. The van der Waals surface area contributed by atoms with Crippen molar-refractivity contribution < 1.29 is 27.8 Å². The van der Waals surface area contributed by atoms with E-state index in [-0.39, 0.29) is 17.1 Å². The zero-order valence-electron chi connectivity index (χ0n) is 13.1. The number of alkyl halides is 3. The van der Waals surface area contributed by atoms with Gasteiger partial charge in [-0.1, -0.05) is 0 Å². The average molecular weight is 334 g/mol. The first-order valence-electron chi connectivity index (χ1n) is 7.32. The van der Waals surface area contributed by atoms with Crippen molar-refractivity contribution in [3.05, 3.63) is 17.7 Å². The molecule has 0 spiro atoms. The van der Waals surface area contributed by atoms with Crippen LogP contribution in [0.3, 0.4) is 0 Å². The fraction of sp³-hybridized carbons (Fsp3) is 0.600. The first kappa shape index (κ1) is 17.7. The monoisotopic (exact) mass is 334 g/mol. The molecule has 2 rings (SSSR count). The highest BCUT2D eigenvalue weighted by molar-refractivity contribution is 5.51. The predicted molar refractivity (Wildman–Crippen MR) is 79.1 cm³/mol. The van der Waals surface area contributed by atoms with Gasteiger partial charge in [-0.2, -0.15) is 13.2 Å². The van der Waals surface area contributed by atoms with Crippen LogP contribution in [0.4, 0.5) is 13.2 Å². The van der Waals surface area contributed by atoms with Gasteiger partial charge in [0.1, 0.15) is 17.2 Å². The van der Waals surface area contributed by atoms with Crippen molar-refractivity contribution in [3.8, 4) is 17.2 Å². The summed E-state index contributed by atoms with van der Waals surface area (Å²) in [5.74, 6) is 0.262. The normalized spacial score (nSPS) is 17.8. The number of phenols is 1. The Morgan fingerprint density at radius 1 is 1.22 bits per heavy atom. The number of phenolic OH excluding ortho intramolecular Hbond substituents is 1. The first-order valence-corrected chi connectivity index (χ1v) is 7.32. The molecule has 0 amide bonds. The number of nitrogens with one attached hydrogen (secondary N) is 1. The Bertz CT molecular complexity index is 531. The Balaban J connectivity index is 2.45. The van der Waals surface area contributed by atoms with Crippen LogP contribution in [0, 0.1) is 0 Å². The molecule has 1 heterocycles. The van der Waals surface area contributed by atoms with E-state index in [1.54, 1.807) is 4.90 Å². The van der Waals surface area contributed by atoms with Crippen LogP contribution in [-0.4, -0.2) is 56.6 Å². The van der Waals surface area contributed by atoms with Gasteiger partial charge in [-0.25, -0.2) is 0 Å². The molecular weight excluding hydrogens is 313 g/mol. The van der Waals surface area contributed by atoms with E-state index in [1.165, 1.54) is 26.4 Å². The highest BCUT2D eigenvalue weighted by Crippen LogP contribution is 2.44. The minimum Gasteiger partial charge on any atom is -0.507 e. The van der Waals surface area contributed by atoms with Crippen molar-refractivity contribution in [2.75, 3.05) is 40.4 Å². The molecular formula is C15H21F3N2O3. The summed E-state index contributed by atoms with van der Waals surface area (Å²) in [5, 5.41) is 13.4. The van der Waals surface area contributed by atoms with E-state index in [2.05, 4.69) is 5.32 Å². The van der Waals surface area contributed by atoms with Crippen molar-refractivity contribution in [2.24, 2.45) is 0 Å². The second-order valence-electron chi connectivity index (χ2n) is 5.38. The topological polar surface area (TPSA) is 54.0 Å². The number of benzene rings is 1. The lowest BCUT2D eigenvalue weighted by Gasteiger charge is -2.36. The third-order valence-electron chi connectivity index (χ3n) is 3.90. The maximum Gasteiger partial charge on any atom is 0.390 e. The molecule has 0 bridgehead atoms. The molecule has 1 aliphatic rings. The van der Waals surface area contributed by atoms with Crippen LogP contribution in [0.25, 0.3) is 0 Å². The molecule has 1 aliphatic heterocycles. The zero-order valence-corrected chi connectivity index (χ0v) is 13.1. The van der Waals surface area contributed by atoms with Crippen LogP contribution in [0.1, 0.15) is 18.0 Å². The molecule has 2 N–H and O–H groups in total. The van der Waals surface area contributed by atoms with Crippen LogP contribution < -0.4 is 14.8 Å². The quantitative estimate of drug-likeness (QED) is 0.865. The average Bonchev–Trinajstić information content (AvgIpc) is 2.52. The van der Waals surface area contributed by atoms with Crippen molar-refractivity contribution >= 4 is 0 Å². The van der Waals surface area contributed by atoms with Crippen LogP contribution >= 0.6 is 0 Å². The third-order valence-corrected chi connectivity index (χ3v) is 3.90. The van der Waals surface area contributed by atoms with Gasteiger partial charge >= 0.3 is 6.18 Å². The molecule has 0 radical (unpaired) electrons. The summed E-state index contributed by atoms with van der Waals surface area (Å²) in [6.45, 7) is 2.14. The largest absolute Gasteiger partial charge is 0.507 e. The van der Waals surface area contributed by atoms with Gasteiger partial charge in [-0.05, 0) is 0 Å². The molecule has 1 saturated heterocycles. The van der Waals surface area contributed by atoms with Crippen LogP contribution in [0.15, 0.2) is 12.1 Å². The number of aromatic hydroxyl groups is 1. The van der Waals surface area contributed by atoms with E-state index in [0.717, 1.165) is 0 Å². The van der Waals surface area contributed by atoms with Crippen LogP contribution in [0.2, 0.25) is 0 Å². The minimum atomic E-state index is -4.35. The van der Waals surface area contributed by atoms with Gasteiger partial charge in [0, 0.05) is 38.3 Å². The Labute approximate surface area is 133 Å². The first-order chi connectivity index (χ1) is 10.9. The van der Waals surface area contributed by atoms with E-state index < -0.39 is 18.6 Å². The molecule has 0 aromatic heterocycles. The molecule has 8 heteroatoms. The van der Waals surface area contributed by atoms with Crippen LogP contribution in [-0.2, 0) is 0 Å². The summed E-state index contributed by atoms with van der Waals surface area (Å²) in [4.78, 5) is 1.72. The SMILES string of the molecule is COc1cc(O)c([C@H](CC(F)(F)F)N2CCNCC2)c(OC)c1. The highest BCUT2D eigenvalue weighted by Gasteiger charge is 2.38. The molecule has 5 nitrogen and oxygen atoms in total. The van der Waals surface area contributed by atoms with E-state index in [4.69, 9.17) is 9.47 Å². The summed E-state index contributed by atoms with van der Waals surface area (Å²) >= 11 is 0. The number of hydrogen-bond acceptors (Lipinski definition) is 5. The molecule has 130 valence electrons. The van der Waals surface area contributed by atoms with E-state index in [9.17, 15) is 18.3 Å². The number of methoxy groups -OCH3 is 2. The zero-order chi connectivity index (χ0) is 17.0. The fourth-order valence-electron chi connectivity index (χ4n) is 2.84. The summed E-state index contributed by atoms with van der Waals surface area (Å²) in [6.07, 6.45) is -5.41. The number of rotatable bonds is 5. The van der Waals surface area contributed by atoms with Crippen molar-refractivity contribution in [1.29, 1.82) is 0 Å². The van der Waals surface area contributed by atoms with Gasteiger partial charge in [0.25, 0.3) is 0 Å². The van der Waals surface area contributed by atoms with Crippen molar-refractivity contribution in [1.82, 2.24) is 10.2 Å². The molecule has 1 fully saturated rings. The van der Waals surface area contributed by atoms with Crippen LogP contribution in [0.5, 0.6) is 17.2 Å². The van der Waals surface area contributed by atoms with Gasteiger partial charge in [0.2, 0.25) is 0 Å². The minimum absolute atomic E-state index is 0.146. The Hall–Kier alpha value is -1.67.